The molecule has 1 unspecified atom stereocenters. The molecule has 0 bridgehead atoms. The van der Waals surface area contributed by atoms with Gasteiger partial charge in [-0.2, -0.15) is 0 Å². The maximum atomic E-state index is 9.28. The minimum atomic E-state index is -0.0642. The molecule has 0 saturated carbocycles. The number of nitrogens with two attached hydrogens (primary N) is 1. The molecule has 0 heterocycles. The van der Waals surface area contributed by atoms with E-state index in [0.29, 0.717) is 11.5 Å². The van der Waals surface area contributed by atoms with Gasteiger partial charge in [0.05, 0.1) is 5.57 Å². The van der Waals surface area contributed by atoms with Gasteiger partial charge in [0.15, 0.2) is 0 Å². The fourth-order valence-corrected chi connectivity index (χ4v) is 1.08. The number of amidine groups is 1. The van der Waals surface area contributed by atoms with E-state index in [1.54, 1.807) is 12.2 Å². The number of hydrogen-bond acceptors (Lipinski definition) is 2. The topological polar surface area (TPSA) is 70.1 Å². The standard InChI is InChI=1S/C8H12N2O/c1-5-2-3-6(8(9)10)7(11)4-5/h3-5,11H,2H2,1H3,(H3,9,10). The van der Waals surface area contributed by atoms with Crippen LogP contribution in [-0.4, -0.2) is 10.9 Å². The zero-order valence-electron chi connectivity index (χ0n) is 6.46. The van der Waals surface area contributed by atoms with Crippen molar-refractivity contribution in [1.29, 1.82) is 5.41 Å². The van der Waals surface area contributed by atoms with Gasteiger partial charge >= 0.3 is 0 Å². The van der Waals surface area contributed by atoms with E-state index in [1.807, 2.05) is 6.92 Å². The number of rotatable bonds is 1. The maximum absolute atomic E-state index is 9.28. The van der Waals surface area contributed by atoms with Crippen molar-refractivity contribution in [2.75, 3.05) is 0 Å². The molecule has 1 atom stereocenters. The number of allylic oxidation sites excluding steroid dienone is 2. The lowest BCUT2D eigenvalue weighted by Crippen LogP contribution is -2.17. The maximum Gasteiger partial charge on any atom is 0.126 e. The van der Waals surface area contributed by atoms with Crippen molar-refractivity contribution in [3.05, 3.63) is 23.5 Å². The van der Waals surface area contributed by atoms with Gasteiger partial charge in [-0.15, -0.1) is 0 Å². The third-order valence-electron chi connectivity index (χ3n) is 1.70. The molecule has 0 spiro atoms. The van der Waals surface area contributed by atoms with E-state index in [1.165, 1.54) is 0 Å². The SMILES string of the molecule is CC1C=C(O)C(C(=N)N)=CC1. The Balaban J connectivity index is 2.86. The molecule has 4 N–H and O–H groups in total. The Morgan fingerprint density at radius 2 is 2.45 bits per heavy atom. The van der Waals surface area contributed by atoms with Gasteiger partial charge in [-0.05, 0) is 18.4 Å². The summed E-state index contributed by atoms with van der Waals surface area (Å²) in [5, 5.41) is 16.4. The van der Waals surface area contributed by atoms with Crippen LogP contribution in [-0.2, 0) is 0 Å². The molecule has 0 fully saturated rings. The van der Waals surface area contributed by atoms with Gasteiger partial charge in [0.2, 0.25) is 0 Å². The van der Waals surface area contributed by atoms with Crippen molar-refractivity contribution >= 4 is 5.84 Å². The molecule has 0 radical (unpaired) electrons. The van der Waals surface area contributed by atoms with Crippen LogP contribution in [0.2, 0.25) is 0 Å². The van der Waals surface area contributed by atoms with Crippen LogP contribution in [0, 0.1) is 11.3 Å². The molecule has 3 nitrogen and oxygen atoms in total. The Morgan fingerprint density at radius 3 is 2.91 bits per heavy atom. The van der Waals surface area contributed by atoms with Crippen molar-refractivity contribution < 1.29 is 5.11 Å². The van der Waals surface area contributed by atoms with Gasteiger partial charge in [-0.3, -0.25) is 5.41 Å². The van der Waals surface area contributed by atoms with Gasteiger partial charge in [0.25, 0.3) is 0 Å². The predicted octanol–water partition coefficient (Wildman–Crippen LogP) is 1.33. The van der Waals surface area contributed by atoms with E-state index in [0.717, 1.165) is 6.42 Å². The minimum absolute atomic E-state index is 0.0642. The van der Waals surface area contributed by atoms with Crippen LogP contribution in [0.3, 0.4) is 0 Å². The average Bonchev–Trinajstić information content (AvgIpc) is 1.85. The zero-order chi connectivity index (χ0) is 8.43. The molecular formula is C8H12N2O. The van der Waals surface area contributed by atoms with Crippen molar-refractivity contribution in [3.63, 3.8) is 0 Å². The Bertz CT molecular complexity index is 240. The van der Waals surface area contributed by atoms with Crippen LogP contribution >= 0.6 is 0 Å². The number of hydrogen-bond donors (Lipinski definition) is 3. The smallest absolute Gasteiger partial charge is 0.126 e. The fraction of sp³-hybridized carbons (Fsp3) is 0.375. The van der Waals surface area contributed by atoms with E-state index in [4.69, 9.17) is 11.1 Å². The molecule has 1 aliphatic carbocycles. The highest BCUT2D eigenvalue weighted by molar-refractivity contribution is 5.98. The molecule has 0 aromatic carbocycles. The lowest BCUT2D eigenvalue weighted by molar-refractivity contribution is 0.414. The highest BCUT2D eigenvalue weighted by Crippen LogP contribution is 2.20. The molecule has 3 heteroatoms. The lowest BCUT2D eigenvalue weighted by Gasteiger charge is -2.13. The highest BCUT2D eigenvalue weighted by Gasteiger charge is 2.13. The van der Waals surface area contributed by atoms with E-state index in [-0.39, 0.29) is 11.6 Å². The second-order valence-electron chi connectivity index (χ2n) is 2.80. The summed E-state index contributed by atoms with van der Waals surface area (Å²) in [6, 6.07) is 0. The van der Waals surface area contributed by atoms with Crippen LogP contribution in [0.5, 0.6) is 0 Å². The first-order chi connectivity index (χ1) is 5.11. The summed E-state index contributed by atoms with van der Waals surface area (Å²) >= 11 is 0. The Labute approximate surface area is 65.7 Å². The van der Waals surface area contributed by atoms with Gasteiger partial charge in [0, 0.05) is 0 Å². The van der Waals surface area contributed by atoms with Crippen molar-refractivity contribution in [2.24, 2.45) is 11.7 Å². The van der Waals surface area contributed by atoms with Crippen molar-refractivity contribution in [1.82, 2.24) is 0 Å². The van der Waals surface area contributed by atoms with E-state index in [9.17, 15) is 5.11 Å². The zero-order valence-corrected chi connectivity index (χ0v) is 6.46. The van der Waals surface area contributed by atoms with Crippen molar-refractivity contribution in [3.8, 4) is 0 Å². The third-order valence-corrected chi connectivity index (χ3v) is 1.70. The van der Waals surface area contributed by atoms with Crippen LogP contribution in [0.15, 0.2) is 23.5 Å². The lowest BCUT2D eigenvalue weighted by atomic mass is 9.96. The fourth-order valence-electron chi connectivity index (χ4n) is 1.08. The molecule has 0 saturated heterocycles. The molecule has 1 rings (SSSR count). The van der Waals surface area contributed by atoms with Gasteiger partial charge in [-0.25, -0.2) is 0 Å². The second kappa shape index (κ2) is 2.78. The van der Waals surface area contributed by atoms with E-state index in [2.05, 4.69) is 0 Å². The molecule has 60 valence electrons. The summed E-state index contributed by atoms with van der Waals surface area (Å²) in [6.45, 7) is 2.00. The first-order valence-electron chi connectivity index (χ1n) is 3.57. The van der Waals surface area contributed by atoms with E-state index >= 15 is 0 Å². The number of aliphatic hydroxyl groups is 1. The number of nitrogens with one attached hydrogen (secondary N) is 1. The van der Waals surface area contributed by atoms with E-state index < -0.39 is 0 Å². The summed E-state index contributed by atoms with van der Waals surface area (Å²) < 4.78 is 0. The summed E-state index contributed by atoms with van der Waals surface area (Å²) in [6.07, 6.45) is 4.36. The average molecular weight is 152 g/mol. The van der Waals surface area contributed by atoms with Crippen molar-refractivity contribution in [2.45, 2.75) is 13.3 Å². The third kappa shape index (κ3) is 1.61. The highest BCUT2D eigenvalue weighted by atomic mass is 16.3. The van der Waals surface area contributed by atoms with Crippen LogP contribution in [0.4, 0.5) is 0 Å². The molecule has 1 aliphatic rings. The largest absolute Gasteiger partial charge is 0.508 e. The quantitative estimate of drug-likeness (QED) is 0.392. The van der Waals surface area contributed by atoms with Crippen LogP contribution in [0.25, 0.3) is 0 Å². The minimum Gasteiger partial charge on any atom is -0.508 e. The first-order valence-corrected chi connectivity index (χ1v) is 3.57. The summed E-state index contributed by atoms with van der Waals surface area (Å²) in [4.78, 5) is 0. The first kappa shape index (κ1) is 7.85. The molecule has 11 heavy (non-hydrogen) atoms. The Morgan fingerprint density at radius 1 is 1.82 bits per heavy atom. The molecule has 0 amide bonds. The molecule has 0 aliphatic heterocycles. The monoisotopic (exact) mass is 152 g/mol. The summed E-state index contributed by atoms with van der Waals surface area (Å²) in [7, 11) is 0. The Hall–Kier alpha value is -1.25. The normalized spacial score (nSPS) is 23.9. The van der Waals surface area contributed by atoms with Gasteiger partial charge in [0.1, 0.15) is 11.6 Å². The summed E-state index contributed by atoms with van der Waals surface area (Å²) in [5.74, 6) is 0.417. The molecule has 0 aromatic heterocycles. The Kier molecular flexibility index (Phi) is 1.98. The van der Waals surface area contributed by atoms with Gasteiger partial charge in [-0.1, -0.05) is 13.0 Å². The van der Waals surface area contributed by atoms with Crippen LogP contribution in [0.1, 0.15) is 13.3 Å². The molecule has 0 aromatic rings. The molecular weight excluding hydrogens is 140 g/mol. The second-order valence-corrected chi connectivity index (χ2v) is 2.80. The summed E-state index contributed by atoms with van der Waals surface area (Å²) in [5.41, 5.74) is 5.68. The number of aliphatic hydroxyl groups excluding tert-OH is 1. The van der Waals surface area contributed by atoms with Gasteiger partial charge < -0.3 is 10.8 Å². The van der Waals surface area contributed by atoms with Crippen LogP contribution < -0.4 is 5.73 Å². The predicted molar refractivity (Wildman–Crippen MR) is 44.5 cm³/mol.